The molecule has 0 aromatic carbocycles. The lowest BCUT2D eigenvalue weighted by molar-refractivity contribution is -0.146. The van der Waals surface area contributed by atoms with Crippen LogP contribution in [0.25, 0.3) is 4.96 Å². The Morgan fingerprint density at radius 1 is 1.29 bits per heavy atom. The maximum absolute atomic E-state index is 12.9. The van der Waals surface area contributed by atoms with Gasteiger partial charge in [0.15, 0.2) is 0 Å². The Balaban J connectivity index is 1.22. The molecule has 24 heavy (non-hydrogen) atoms. The molecule has 0 aliphatic heterocycles. The number of nitrogens with zero attached hydrogens (tertiary/aromatic N) is 3. The molecule has 0 saturated heterocycles. The van der Waals surface area contributed by atoms with E-state index < -0.39 is 0 Å². The molecule has 0 radical (unpaired) electrons. The van der Waals surface area contributed by atoms with Gasteiger partial charge in [0, 0.05) is 18.4 Å². The molecule has 5 nitrogen and oxygen atoms in total. The van der Waals surface area contributed by atoms with Crippen molar-refractivity contribution < 1.29 is 4.79 Å². The number of nitrogens with one attached hydrogen (secondary N) is 1. The molecule has 4 saturated carbocycles. The number of carbonyl (C=O) groups excluding carboxylic acids is 1. The quantitative estimate of drug-likeness (QED) is 0.927. The molecule has 1 N–H and O–H groups in total. The highest BCUT2D eigenvalue weighted by Crippen LogP contribution is 2.60. The van der Waals surface area contributed by atoms with Crippen molar-refractivity contribution in [3.63, 3.8) is 0 Å². The van der Waals surface area contributed by atoms with E-state index in [2.05, 4.69) is 15.4 Å². The van der Waals surface area contributed by atoms with E-state index in [1.807, 2.05) is 17.6 Å². The summed E-state index contributed by atoms with van der Waals surface area (Å²) in [6.07, 6.45) is 10.3. The van der Waals surface area contributed by atoms with Crippen LogP contribution in [0.4, 0.5) is 0 Å². The molecule has 6 rings (SSSR count). The van der Waals surface area contributed by atoms with Crippen molar-refractivity contribution >= 4 is 22.2 Å². The second-order valence-corrected chi connectivity index (χ2v) is 9.35. The van der Waals surface area contributed by atoms with Gasteiger partial charge in [-0.1, -0.05) is 11.3 Å². The zero-order valence-corrected chi connectivity index (χ0v) is 14.9. The SMILES string of the molecule is Cc1cn2nc(CCNC(=O)C34CC5CC(CC(C5)C3)C4)sc2n1. The van der Waals surface area contributed by atoms with Gasteiger partial charge in [-0.2, -0.15) is 5.10 Å². The first-order chi connectivity index (χ1) is 11.6. The summed E-state index contributed by atoms with van der Waals surface area (Å²) in [6.45, 7) is 2.67. The summed E-state index contributed by atoms with van der Waals surface area (Å²) in [5.74, 6) is 2.77. The number of hydrogen-bond acceptors (Lipinski definition) is 4. The van der Waals surface area contributed by atoms with Gasteiger partial charge in [-0.05, 0) is 63.2 Å². The summed E-state index contributed by atoms with van der Waals surface area (Å²) in [5.41, 5.74) is 0.957. The zero-order chi connectivity index (χ0) is 16.3. The van der Waals surface area contributed by atoms with Gasteiger partial charge in [-0.25, -0.2) is 9.50 Å². The Morgan fingerprint density at radius 3 is 2.58 bits per heavy atom. The van der Waals surface area contributed by atoms with Crippen molar-refractivity contribution in [2.24, 2.45) is 23.2 Å². The highest BCUT2D eigenvalue weighted by Gasteiger charge is 2.54. The molecule has 2 aromatic rings. The number of aryl methyl sites for hydroxylation is 1. The Hall–Kier alpha value is -1.43. The standard InChI is InChI=1S/C18H24N4OS/c1-11-10-22-17(20-11)24-15(21-22)2-3-19-16(23)18-7-12-4-13(8-18)6-14(5-12)9-18/h10,12-14H,2-9H2,1H3,(H,19,23). The highest BCUT2D eigenvalue weighted by molar-refractivity contribution is 7.16. The van der Waals surface area contributed by atoms with Crippen LogP contribution in [0.5, 0.6) is 0 Å². The zero-order valence-electron chi connectivity index (χ0n) is 14.1. The molecule has 0 atom stereocenters. The fourth-order valence-electron chi connectivity index (χ4n) is 5.81. The second kappa shape index (κ2) is 5.28. The number of fused-ring (bicyclic) bond motifs is 1. The van der Waals surface area contributed by atoms with Crippen LogP contribution in [0.2, 0.25) is 0 Å². The van der Waals surface area contributed by atoms with Gasteiger partial charge in [-0.3, -0.25) is 4.79 Å². The lowest BCUT2D eigenvalue weighted by atomic mass is 9.49. The third-order valence-electron chi connectivity index (χ3n) is 6.35. The van der Waals surface area contributed by atoms with Crippen molar-refractivity contribution in [1.29, 1.82) is 0 Å². The fraction of sp³-hybridized carbons (Fsp3) is 0.722. The number of carbonyl (C=O) groups is 1. The Labute approximate surface area is 145 Å². The van der Waals surface area contributed by atoms with Crippen LogP contribution < -0.4 is 5.32 Å². The van der Waals surface area contributed by atoms with E-state index in [1.54, 1.807) is 11.3 Å². The van der Waals surface area contributed by atoms with Crippen LogP contribution in [0.1, 0.15) is 49.2 Å². The molecule has 6 heteroatoms. The van der Waals surface area contributed by atoms with E-state index in [4.69, 9.17) is 0 Å². The van der Waals surface area contributed by atoms with Gasteiger partial charge in [0.1, 0.15) is 5.01 Å². The normalized spacial score (nSPS) is 34.1. The van der Waals surface area contributed by atoms with Gasteiger partial charge in [0.05, 0.1) is 11.9 Å². The van der Waals surface area contributed by atoms with E-state index in [-0.39, 0.29) is 5.41 Å². The van der Waals surface area contributed by atoms with Gasteiger partial charge in [0.2, 0.25) is 10.9 Å². The molecule has 0 unspecified atom stereocenters. The first kappa shape index (κ1) is 14.9. The molecule has 4 fully saturated rings. The highest BCUT2D eigenvalue weighted by atomic mass is 32.1. The van der Waals surface area contributed by atoms with E-state index in [0.717, 1.165) is 59.1 Å². The summed E-state index contributed by atoms with van der Waals surface area (Å²) >= 11 is 1.62. The first-order valence-electron chi connectivity index (χ1n) is 9.20. The molecular formula is C18H24N4OS. The lowest BCUT2D eigenvalue weighted by Gasteiger charge is -2.55. The smallest absolute Gasteiger partial charge is 0.226 e. The third-order valence-corrected chi connectivity index (χ3v) is 7.33. The van der Waals surface area contributed by atoms with Gasteiger partial charge in [-0.15, -0.1) is 0 Å². The van der Waals surface area contributed by atoms with Gasteiger partial charge < -0.3 is 5.32 Å². The Morgan fingerprint density at radius 2 is 1.96 bits per heavy atom. The lowest BCUT2D eigenvalue weighted by Crippen LogP contribution is -2.53. The van der Waals surface area contributed by atoms with Gasteiger partial charge in [0.25, 0.3) is 0 Å². The van der Waals surface area contributed by atoms with Crippen LogP contribution in [0.15, 0.2) is 6.20 Å². The summed E-state index contributed by atoms with van der Waals surface area (Å²) in [6, 6.07) is 0. The first-order valence-corrected chi connectivity index (χ1v) is 10.0. The number of hydrogen-bond donors (Lipinski definition) is 1. The van der Waals surface area contributed by atoms with Crippen LogP contribution >= 0.6 is 11.3 Å². The monoisotopic (exact) mass is 344 g/mol. The summed E-state index contributed by atoms with van der Waals surface area (Å²) in [4.78, 5) is 18.3. The second-order valence-electron chi connectivity index (χ2n) is 8.31. The average Bonchev–Trinajstić information content (AvgIpc) is 3.02. The molecule has 2 heterocycles. The van der Waals surface area contributed by atoms with Crippen LogP contribution in [0, 0.1) is 30.1 Å². The maximum Gasteiger partial charge on any atom is 0.226 e. The largest absolute Gasteiger partial charge is 0.355 e. The molecule has 0 spiro atoms. The summed E-state index contributed by atoms with van der Waals surface area (Å²) < 4.78 is 1.84. The minimum atomic E-state index is -0.0384. The van der Waals surface area contributed by atoms with Crippen molar-refractivity contribution in [3.05, 3.63) is 16.9 Å². The summed E-state index contributed by atoms with van der Waals surface area (Å²) in [5, 5.41) is 8.82. The predicted octanol–water partition coefficient (Wildman–Crippen LogP) is 2.97. The molecule has 4 aliphatic rings. The van der Waals surface area contributed by atoms with E-state index in [9.17, 15) is 4.79 Å². The topological polar surface area (TPSA) is 59.3 Å². The molecule has 4 bridgehead atoms. The minimum Gasteiger partial charge on any atom is -0.355 e. The summed E-state index contributed by atoms with van der Waals surface area (Å²) in [7, 11) is 0. The Bertz CT molecular complexity index is 725. The molecule has 4 aliphatic carbocycles. The number of rotatable bonds is 4. The molecule has 1 amide bonds. The number of amides is 1. The molecule has 2 aromatic heterocycles. The maximum atomic E-state index is 12.9. The molecular weight excluding hydrogens is 320 g/mol. The Kier molecular flexibility index (Phi) is 3.27. The van der Waals surface area contributed by atoms with E-state index in [1.165, 1.54) is 19.3 Å². The van der Waals surface area contributed by atoms with Gasteiger partial charge >= 0.3 is 0 Å². The number of aromatic nitrogens is 3. The van der Waals surface area contributed by atoms with Crippen molar-refractivity contribution in [2.45, 2.75) is 51.9 Å². The van der Waals surface area contributed by atoms with Crippen molar-refractivity contribution in [3.8, 4) is 0 Å². The fourth-order valence-corrected chi connectivity index (χ4v) is 6.73. The third kappa shape index (κ3) is 2.38. The van der Waals surface area contributed by atoms with Crippen molar-refractivity contribution in [2.75, 3.05) is 6.54 Å². The van der Waals surface area contributed by atoms with Crippen LogP contribution in [-0.2, 0) is 11.2 Å². The predicted molar refractivity (Wildman–Crippen MR) is 92.9 cm³/mol. The average molecular weight is 344 g/mol. The van der Waals surface area contributed by atoms with Crippen LogP contribution in [0.3, 0.4) is 0 Å². The van der Waals surface area contributed by atoms with Crippen molar-refractivity contribution in [1.82, 2.24) is 19.9 Å². The molecule has 128 valence electrons. The van der Waals surface area contributed by atoms with E-state index >= 15 is 0 Å². The number of imidazole rings is 1. The minimum absolute atomic E-state index is 0.0384. The van der Waals surface area contributed by atoms with Crippen LogP contribution in [-0.4, -0.2) is 27.0 Å². The van der Waals surface area contributed by atoms with E-state index in [0.29, 0.717) is 12.5 Å².